The van der Waals surface area contributed by atoms with E-state index in [9.17, 15) is 0 Å². The Morgan fingerprint density at radius 2 is 1.97 bits per heavy atom. The van der Waals surface area contributed by atoms with Crippen molar-refractivity contribution in [2.45, 2.75) is 12.6 Å². The van der Waals surface area contributed by atoms with E-state index < -0.39 is 0 Å². The van der Waals surface area contributed by atoms with Crippen molar-refractivity contribution in [3.05, 3.63) is 72.9 Å². The topological polar surface area (TPSA) is 96.2 Å². The number of H-pyrrole nitrogens is 1. The third-order valence-electron chi connectivity index (χ3n) is 6.67. The fourth-order valence-electron chi connectivity index (χ4n) is 4.98. The second-order valence-electron chi connectivity index (χ2n) is 8.82. The average molecular weight is 466 g/mol. The molecule has 0 spiro atoms. The molecule has 9 nitrogen and oxygen atoms in total. The molecule has 0 saturated carbocycles. The number of fused-ring (bicyclic) bond motifs is 4. The van der Waals surface area contributed by atoms with Gasteiger partial charge in [-0.2, -0.15) is 0 Å². The van der Waals surface area contributed by atoms with Crippen LogP contribution in [-0.4, -0.2) is 57.5 Å². The number of aromatic nitrogens is 5. The van der Waals surface area contributed by atoms with Crippen LogP contribution in [-0.2, 0) is 11.3 Å². The van der Waals surface area contributed by atoms with E-state index in [1.54, 1.807) is 0 Å². The summed E-state index contributed by atoms with van der Waals surface area (Å²) >= 11 is 0. The van der Waals surface area contributed by atoms with Gasteiger partial charge in [-0.1, -0.05) is 30.3 Å². The lowest BCUT2D eigenvalue weighted by Crippen LogP contribution is -2.55. The van der Waals surface area contributed by atoms with E-state index in [0.29, 0.717) is 37.4 Å². The smallest absolute Gasteiger partial charge is 0.247 e. The van der Waals surface area contributed by atoms with E-state index in [2.05, 4.69) is 43.2 Å². The van der Waals surface area contributed by atoms with Crippen LogP contribution in [0.15, 0.2) is 71.4 Å². The lowest BCUT2D eigenvalue weighted by Gasteiger charge is -2.45. The van der Waals surface area contributed by atoms with E-state index in [0.717, 1.165) is 46.6 Å². The SMILES string of the molecule is c1ccc(-c2nnc(CN3CC4COCCN4c4nc(-c5cccc6[nH]ccc56)ncc43)o2)cc1. The van der Waals surface area contributed by atoms with Gasteiger partial charge in [-0.15, -0.1) is 10.2 Å². The van der Waals surface area contributed by atoms with Crippen LogP contribution in [0, 0.1) is 0 Å². The molecule has 1 unspecified atom stereocenters. The molecule has 7 rings (SSSR count). The van der Waals surface area contributed by atoms with Crippen LogP contribution in [0.1, 0.15) is 5.89 Å². The Morgan fingerprint density at radius 3 is 2.91 bits per heavy atom. The summed E-state index contributed by atoms with van der Waals surface area (Å²) in [7, 11) is 0. The summed E-state index contributed by atoms with van der Waals surface area (Å²) in [6.45, 7) is 3.39. The van der Waals surface area contributed by atoms with Gasteiger partial charge in [0.1, 0.15) is 0 Å². The summed E-state index contributed by atoms with van der Waals surface area (Å²) in [5, 5.41) is 9.67. The summed E-state index contributed by atoms with van der Waals surface area (Å²) in [5.41, 5.74) is 3.95. The summed E-state index contributed by atoms with van der Waals surface area (Å²) in [6, 6.07) is 18.2. The first-order chi connectivity index (χ1) is 17.3. The zero-order chi connectivity index (χ0) is 23.2. The number of hydrogen-bond acceptors (Lipinski definition) is 8. The molecule has 2 aliphatic heterocycles. The highest BCUT2D eigenvalue weighted by Crippen LogP contribution is 2.37. The van der Waals surface area contributed by atoms with Crippen molar-refractivity contribution in [2.24, 2.45) is 0 Å². The predicted octanol–water partition coefficient (Wildman–Crippen LogP) is 3.90. The fourth-order valence-corrected chi connectivity index (χ4v) is 4.98. The van der Waals surface area contributed by atoms with E-state index >= 15 is 0 Å². The summed E-state index contributed by atoms with van der Waals surface area (Å²) in [4.78, 5) is 17.7. The van der Waals surface area contributed by atoms with Crippen LogP contribution in [0.2, 0.25) is 0 Å². The number of anilines is 2. The second kappa shape index (κ2) is 8.21. The lowest BCUT2D eigenvalue weighted by molar-refractivity contribution is 0.0934. The van der Waals surface area contributed by atoms with Gasteiger partial charge in [0.15, 0.2) is 11.6 Å². The minimum Gasteiger partial charge on any atom is -0.419 e. The lowest BCUT2D eigenvalue weighted by atomic mass is 10.1. The number of nitrogens with one attached hydrogen (secondary N) is 1. The Kier molecular flexibility index (Phi) is 4.73. The first-order valence-electron chi connectivity index (χ1n) is 11.7. The number of hydrogen-bond donors (Lipinski definition) is 1. The van der Waals surface area contributed by atoms with Crippen LogP contribution in [0.3, 0.4) is 0 Å². The summed E-state index contributed by atoms with van der Waals surface area (Å²) in [5.74, 6) is 2.71. The highest BCUT2D eigenvalue weighted by Gasteiger charge is 2.35. The Bertz CT molecular complexity index is 1500. The number of morpholine rings is 1. The van der Waals surface area contributed by atoms with Gasteiger partial charge in [-0.25, -0.2) is 9.97 Å². The molecule has 5 aromatic rings. The third kappa shape index (κ3) is 3.52. The van der Waals surface area contributed by atoms with Crippen molar-refractivity contribution in [1.82, 2.24) is 25.1 Å². The van der Waals surface area contributed by atoms with Crippen molar-refractivity contribution >= 4 is 22.4 Å². The molecule has 1 N–H and O–H groups in total. The number of nitrogens with zero attached hydrogens (tertiary/aromatic N) is 6. The van der Waals surface area contributed by atoms with Gasteiger partial charge in [-0.05, 0) is 24.3 Å². The maximum absolute atomic E-state index is 6.00. The van der Waals surface area contributed by atoms with Gasteiger partial charge in [0.05, 0.1) is 37.7 Å². The predicted molar refractivity (Wildman–Crippen MR) is 132 cm³/mol. The van der Waals surface area contributed by atoms with E-state index in [4.69, 9.17) is 19.1 Å². The van der Waals surface area contributed by atoms with Crippen molar-refractivity contribution in [3.63, 3.8) is 0 Å². The third-order valence-corrected chi connectivity index (χ3v) is 6.67. The molecule has 2 aliphatic rings. The van der Waals surface area contributed by atoms with Gasteiger partial charge in [0.25, 0.3) is 0 Å². The Morgan fingerprint density at radius 1 is 1.03 bits per heavy atom. The fraction of sp³-hybridized carbons (Fsp3) is 0.231. The van der Waals surface area contributed by atoms with Gasteiger partial charge < -0.3 is 23.9 Å². The molecule has 0 aliphatic carbocycles. The van der Waals surface area contributed by atoms with Crippen molar-refractivity contribution < 1.29 is 9.15 Å². The Labute approximate surface area is 201 Å². The normalized spacial score (nSPS) is 17.4. The zero-order valence-electron chi connectivity index (χ0n) is 19.0. The molecule has 3 aromatic heterocycles. The first kappa shape index (κ1) is 20.2. The molecular weight excluding hydrogens is 442 g/mol. The number of rotatable bonds is 4. The van der Waals surface area contributed by atoms with Gasteiger partial charge >= 0.3 is 0 Å². The molecule has 5 heterocycles. The molecule has 1 fully saturated rings. The van der Waals surface area contributed by atoms with Crippen molar-refractivity contribution in [2.75, 3.05) is 36.1 Å². The van der Waals surface area contributed by atoms with Crippen LogP contribution >= 0.6 is 0 Å². The summed E-state index contributed by atoms with van der Waals surface area (Å²) in [6.07, 6.45) is 3.86. The van der Waals surface area contributed by atoms with E-state index in [-0.39, 0.29) is 6.04 Å². The highest BCUT2D eigenvalue weighted by atomic mass is 16.5. The number of aromatic amines is 1. The molecule has 2 aromatic carbocycles. The molecule has 9 heteroatoms. The largest absolute Gasteiger partial charge is 0.419 e. The molecule has 35 heavy (non-hydrogen) atoms. The molecule has 0 amide bonds. The zero-order valence-corrected chi connectivity index (χ0v) is 19.0. The van der Waals surface area contributed by atoms with Gasteiger partial charge in [0, 0.05) is 41.3 Å². The quantitative estimate of drug-likeness (QED) is 0.427. The average Bonchev–Trinajstić information content (AvgIpc) is 3.59. The van der Waals surface area contributed by atoms with Crippen LogP contribution in [0.25, 0.3) is 33.7 Å². The minimum absolute atomic E-state index is 0.193. The molecule has 0 bridgehead atoms. The molecule has 1 saturated heterocycles. The molecular formula is C26H23N7O2. The maximum Gasteiger partial charge on any atom is 0.247 e. The molecule has 1 atom stereocenters. The monoisotopic (exact) mass is 465 g/mol. The van der Waals surface area contributed by atoms with Crippen molar-refractivity contribution in [3.8, 4) is 22.8 Å². The first-order valence-corrected chi connectivity index (χ1v) is 11.7. The van der Waals surface area contributed by atoms with Gasteiger partial charge in [-0.3, -0.25) is 0 Å². The van der Waals surface area contributed by atoms with Crippen LogP contribution < -0.4 is 9.80 Å². The van der Waals surface area contributed by atoms with Gasteiger partial charge in [0.2, 0.25) is 11.8 Å². The Hall–Kier alpha value is -4.24. The van der Waals surface area contributed by atoms with Crippen LogP contribution in [0.5, 0.6) is 0 Å². The number of ether oxygens (including phenoxy) is 1. The van der Waals surface area contributed by atoms with E-state index in [1.807, 2.05) is 48.8 Å². The Balaban J connectivity index is 1.26. The highest BCUT2D eigenvalue weighted by molar-refractivity contribution is 5.93. The minimum atomic E-state index is 0.193. The molecule has 174 valence electrons. The van der Waals surface area contributed by atoms with Crippen molar-refractivity contribution in [1.29, 1.82) is 0 Å². The number of benzene rings is 2. The van der Waals surface area contributed by atoms with Crippen LogP contribution in [0.4, 0.5) is 11.5 Å². The van der Waals surface area contributed by atoms with E-state index in [1.165, 1.54) is 0 Å². The molecule has 0 radical (unpaired) electrons. The summed E-state index contributed by atoms with van der Waals surface area (Å²) < 4.78 is 11.8. The maximum atomic E-state index is 6.00. The standard InChI is InChI=1S/C26H23N7O2/c1-2-5-17(6-3-1)26-31-30-23(35-26)15-32-14-18-16-34-12-11-33(18)25-22(32)13-28-24(29-25)20-7-4-8-21-19(20)9-10-27-21/h1-10,13,18,27H,11-12,14-16H2. The second-order valence-corrected chi connectivity index (χ2v) is 8.82.